The van der Waals surface area contributed by atoms with Crippen LogP contribution in [0.25, 0.3) is 11.1 Å². The highest BCUT2D eigenvalue weighted by Gasteiger charge is 2.20. The topological polar surface area (TPSA) is 30.0 Å². The molecule has 1 fully saturated rings. The molecule has 1 aliphatic rings. The van der Waals surface area contributed by atoms with Crippen LogP contribution in [0.15, 0.2) is 72.9 Å². The third-order valence-corrected chi connectivity index (χ3v) is 5.89. The average Bonchev–Trinajstić information content (AvgIpc) is 3.58. The Hall–Kier alpha value is -2.74. The second-order valence-electron chi connectivity index (χ2n) is 8.46. The number of Topliss-reactive ketones (excluding diaryl/α,β-unsaturated/α-hetero) is 1. The molecule has 2 nitrogen and oxygen atoms in total. The zero-order chi connectivity index (χ0) is 20.1. The fourth-order valence-electron chi connectivity index (χ4n) is 3.84. The Morgan fingerprint density at radius 2 is 1.62 bits per heavy atom. The molecule has 0 spiro atoms. The van der Waals surface area contributed by atoms with Gasteiger partial charge < -0.3 is 0 Å². The summed E-state index contributed by atoms with van der Waals surface area (Å²) >= 11 is 0. The molecule has 1 saturated carbocycles. The molecule has 1 atom stereocenters. The van der Waals surface area contributed by atoms with Gasteiger partial charge in [0.1, 0.15) is 5.78 Å². The Balaban J connectivity index is 1.29. The van der Waals surface area contributed by atoms with Crippen LogP contribution < -0.4 is 0 Å². The van der Waals surface area contributed by atoms with E-state index in [0.29, 0.717) is 12.8 Å². The van der Waals surface area contributed by atoms with Crippen molar-refractivity contribution in [2.75, 3.05) is 0 Å². The van der Waals surface area contributed by atoms with Gasteiger partial charge in [0.25, 0.3) is 0 Å². The lowest BCUT2D eigenvalue weighted by Crippen LogP contribution is -2.08. The van der Waals surface area contributed by atoms with E-state index < -0.39 is 0 Å². The quantitative estimate of drug-likeness (QED) is 0.428. The minimum atomic E-state index is 0.156. The molecule has 3 aromatic rings. The summed E-state index contributed by atoms with van der Waals surface area (Å²) in [5.41, 5.74) is 5.79. The molecule has 1 aromatic heterocycles. The van der Waals surface area contributed by atoms with Gasteiger partial charge in [0, 0.05) is 30.7 Å². The highest BCUT2D eigenvalue weighted by atomic mass is 16.1. The van der Waals surface area contributed by atoms with E-state index in [1.807, 2.05) is 24.4 Å². The molecule has 0 saturated heterocycles. The van der Waals surface area contributed by atoms with Gasteiger partial charge in [0.15, 0.2) is 0 Å². The molecule has 0 aliphatic heterocycles. The molecule has 29 heavy (non-hydrogen) atoms. The maximum atomic E-state index is 12.6. The number of aryl methyl sites for hydroxylation is 1. The predicted octanol–water partition coefficient (Wildman–Crippen LogP) is 6.40. The Morgan fingerprint density at radius 1 is 0.931 bits per heavy atom. The van der Waals surface area contributed by atoms with E-state index in [1.165, 1.54) is 36.0 Å². The van der Waals surface area contributed by atoms with Crippen molar-refractivity contribution in [3.05, 3.63) is 89.7 Å². The Labute approximate surface area is 174 Å². The largest absolute Gasteiger partial charge is 0.299 e. The summed E-state index contributed by atoms with van der Waals surface area (Å²) in [5, 5.41) is 0. The van der Waals surface area contributed by atoms with Crippen LogP contribution in [-0.4, -0.2) is 10.8 Å². The van der Waals surface area contributed by atoms with Crippen molar-refractivity contribution in [3.8, 4) is 11.1 Å². The summed E-state index contributed by atoms with van der Waals surface area (Å²) in [6, 6.07) is 22.9. The standard InChI is InChI=1S/C27H29NO/c1-20(27-16-13-23(19-28-27)10-9-21-7-8-21)17-26(29)18-22-11-14-25(15-12-22)24-5-3-2-4-6-24/h2-6,11-16,19-21H,7-10,17-18H2,1H3/t20-/m0/s1. The number of nitrogens with zero attached hydrogens (tertiary/aromatic N) is 1. The lowest BCUT2D eigenvalue weighted by Gasteiger charge is -2.11. The molecule has 0 bridgehead atoms. The number of carbonyl (C=O) groups excluding carboxylic acids is 1. The minimum absolute atomic E-state index is 0.156. The van der Waals surface area contributed by atoms with Crippen molar-refractivity contribution in [1.29, 1.82) is 0 Å². The molecule has 0 N–H and O–H groups in total. The lowest BCUT2D eigenvalue weighted by atomic mass is 9.95. The monoisotopic (exact) mass is 383 g/mol. The van der Waals surface area contributed by atoms with Gasteiger partial charge in [0.05, 0.1) is 0 Å². The van der Waals surface area contributed by atoms with Crippen LogP contribution in [0.3, 0.4) is 0 Å². The van der Waals surface area contributed by atoms with Gasteiger partial charge >= 0.3 is 0 Å². The first-order valence-corrected chi connectivity index (χ1v) is 10.8. The van der Waals surface area contributed by atoms with Gasteiger partial charge in [-0.1, -0.05) is 80.4 Å². The maximum Gasteiger partial charge on any atom is 0.137 e. The number of aromatic nitrogens is 1. The van der Waals surface area contributed by atoms with Gasteiger partial charge in [-0.2, -0.15) is 0 Å². The van der Waals surface area contributed by atoms with Crippen molar-refractivity contribution >= 4 is 5.78 Å². The third kappa shape index (κ3) is 5.63. The van der Waals surface area contributed by atoms with E-state index in [-0.39, 0.29) is 11.7 Å². The zero-order valence-electron chi connectivity index (χ0n) is 17.2. The molecule has 0 unspecified atom stereocenters. The van der Waals surface area contributed by atoms with E-state index in [4.69, 9.17) is 0 Å². The van der Waals surface area contributed by atoms with Crippen LogP contribution in [0, 0.1) is 5.92 Å². The van der Waals surface area contributed by atoms with Crippen LogP contribution in [0.5, 0.6) is 0 Å². The first-order chi connectivity index (χ1) is 14.2. The van der Waals surface area contributed by atoms with E-state index in [2.05, 4.69) is 60.4 Å². The van der Waals surface area contributed by atoms with Gasteiger partial charge in [-0.15, -0.1) is 0 Å². The lowest BCUT2D eigenvalue weighted by molar-refractivity contribution is -0.118. The van der Waals surface area contributed by atoms with Crippen molar-refractivity contribution in [1.82, 2.24) is 4.98 Å². The second-order valence-corrected chi connectivity index (χ2v) is 8.46. The number of pyridine rings is 1. The third-order valence-electron chi connectivity index (χ3n) is 5.89. The highest BCUT2D eigenvalue weighted by Crippen LogP contribution is 2.33. The van der Waals surface area contributed by atoms with Crippen molar-refractivity contribution in [3.63, 3.8) is 0 Å². The number of hydrogen-bond donors (Lipinski definition) is 0. The first kappa shape index (κ1) is 19.6. The summed E-state index contributed by atoms with van der Waals surface area (Å²) in [5.74, 6) is 1.38. The Morgan fingerprint density at radius 3 is 2.28 bits per heavy atom. The summed E-state index contributed by atoms with van der Waals surface area (Å²) in [4.78, 5) is 17.2. The van der Waals surface area contributed by atoms with Crippen LogP contribution in [-0.2, 0) is 17.6 Å². The molecule has 0 amide bonds. The Kier molecular flexibility index (Phi) is 6.19. The van der Waals surface area contributed by atoms with Gasteiger partial charge in [-0.3, -0.25) is 9.78 Å². The molecule has 2 aromatic carbocycles. The number of benzene rings is 2. The fraction of sp³-hybridized carbons (Fsp3) is 0.333. The summed E-state index contributed by atoms with van der Waals surface area (Å²) < 4.78 is 0. The molecular formula is C27H29NO. The zero-order valence-corrected chi connectivity index (χ0v) is 17.2. The van der Waals surface area contributed by atoms with E-state index >= 15 is 0 Å². The average molecular weight is 384 g/mol. The molecule has 0 radical (unpaired) electrons. The molecule has 1 heterocycles. The van der Waals surface area contributed by atoms with Crippen molar-refractivity contribution in [2.45, 2.75) is 51.4 Å². The summed E-state index contributed by atoms with van der Waals surface area (Å²) in [6.45, 7) is 2.10. The van der Waals surface area contributed by atoms with Gasteiger partial charge in [0.2, 0.25) is 0 Å². The summed E-state index contributed by atoms with van der Waals surface area (Å²) in [7, 11) is 0. The maximum absolute atomic E-state index is 12.6. The van der Waals surface area contributed by atoms with Crippen LogP contribution >= 0.6 is 0 Å². The van der Waals surface area contributed by atoms with Crippen LogP contribution in [0.2, 0.25) is 0 Å². The van der Waals surface area contributed by atoms with Crippen LogP contribution in [0.1, 0.15) is 55.3 Å². The molecule has 2 heteroatoms. The number of rotatable bonds is 9. The van der Waals surface area contributed by atoms with Crippen LogP contribution in [0.4, 0.5) is 0 Å². The molecule has 1 aliphatic carbocycles. The Bertz CT molecular complexity index is 925. The van der Waals surface area contributed by atoms with Crippen molar-refractivity contribution in [2.24, 2.45) is 5.92 Å². The first-order valence-electron chi connectivity index (χ1n) is 10.8. The molecule has 148 valence electrons. The van der Waals surface area contributed by atoms with Gasteiger partial charge in [-0.25, -0.2) is 0 Å². The molecular weight excluding hydrogens is 354 g/mol. The summed E-state index contributed by atoms with van der Waals surface area (Å²) in [6.07, 6.45) is 8.25. The SMILES string of the molecule is C[C@@H](CC(=O)Cc1ccc(-c2ccccc2)cc1)c1ccc(CCC2CC2)cn1. The van der Waals surface area contributed by atoms with Crippen molar-refractivity contribution < 1.29 is 4.79 Å². The number of carbonyl (C=O) groups is 1. The minimum Gasteiger partial charge on any atom is -0.299 e. The number of ketones is 1. The normalized spacial score (nSPS) is 14.5. The smallest absolute Gasteiger partial charge is 0.137 e. The van der Waals surface area contributed by atoms with Gasteiger partial charge in [-0.05, 0) is 47.1 Å². The fourth-order valence-corrected chi connectivity index (χ4v) is 3.84. The highest BCUT2D eigenvalue weighted by molar-refractivity contribution is 5.81. The second kappa shape index (κ2) is 9.17. The van der Waals surface area contributed by atoms with E-state index in [1.54, 1.807) is 0 Å². The van der Waals surface area contributed by atoms with E-state index in [0.717, 1.165) is 23.6 Å². The van der Waals surface area contributed by atoms with E-state index in [9.17, 15) is 4.79 Å². The predicted molar refractivity (Wildman–Crippen MR) is 119 cm³/mol. The number of hydrogen-bond acceptors (Lipinski definition) is 2. The molecule has 4 rings (SSSR count).